The number of aryl methyl sites for hydroxylation is 1. The number of hydrogen-bond donors (Lipinski definition) is 1. The Hall–Kier alpha value is -2.69. The van der Waals surface area contributed by atoms with Gasteiger partial charge in [-0.25, -0.2) is 8.78 Å². The maximum Gasteiger partial charge on any atom is 0.266 e. The fraction of sp³-hybridized carbons (Fsp3) is 0.286. The molecule has 3 aromatic rings. The van der Waals surface area contributed by atoms with Gasteiger partial charge in [0.05, 0.1) is 12.2 Å². The Morgan fingerprint density at radius 3 is 2.69 bits per heavy atom. The number of H-pyrrole nitrogens is 1. The van der Waals surface area contributed by atoms with E-state index in [0.717, 1.165) is 40.0 Å². The molecule has 5 heteroatoms. The summed E-state index contributed by atoms with van der Waals surface area (Å²) < 4.78 is 27.6. The van der Waals surface area contributed by atoms with Gasteiger partial charge in [-0.15, -0.1) is 0 Å². The number of para-hydroxylation sites is 1. The number of nitrogens with one attached hydrogen (secondary N) is 1. The number of aromatic nitrogens is 1. The van der Waals surface area contributed by atoms with E-state index in [1.54, 1.807) is 4.90 Å². The van der Waals surface area contributed by atoms with Crippen molar-refractivity contribution in [1.29, 1.82) is 0 Å². The molecular weight excluding hydrogens is 334 g/mol. The summed E-state index contributed by atoms with van der Waals surface area (Å²) in [5, 5.41) is 0.680. The second kappa shape index (κ2) is 5.40. The molecule has 0 unspecified atom stereocenters. The lowest BCUT2D eigenvalue weighted by atomic mass is 9.86. The normalized spacial score (nSPS) is 18.0. The molecule has 1 aliphatic heterocycles. The van der Waals surface area contributed by atoms with Crippen molar-refractivity contribution in [1.82, 2.24) is 4.98 Å². The van der Waals surface area contributed by atoms with E-state index in [-0.39, 0.29) is 18.4 Å². The molecule has 1 saturated heterocycles. The van der Waals surface area contributed by atoms with Gasteiger partial charge < -0.3 is 9.88 Å². The number of fused-ring (bicyclic) bond motifs is 4. The average Bonchev–Trinajstić information content (AvgIpc) is 3.01. The predicted octanol–water partition coefficient (Wildman–Crippen LogP) is 4.14. The zero-order valence-electron chi connectivity index (χ0n) is 14.2. The Kier molecular flexibility index (Phi) is 3.23. The van der Waals surface area contributed by atoms with E-state index in [1.807, 2.05) is 42.5 Å². The van der Waals surface area contributed by atoms with Crippen LogP contribution < -0.4 is 10.3 Å². The summed E-state index contributed by atoms with van der Waals surface area (Å²) in [5.74, 6) is -2.66. The van der Waals surface area contributed by atoms with Gasteiger partial charge in [0.2, 0.25) is 0 Å². The van der Waals surface area contributed by atoms with Crippen LogP contribution in [-0.2, 0) is 12.8 Å². The van der Waals surface area contributed by atoms with Crippen LogP contribution in [0.5, 0.6) is 0 Å². The number of nitrogens with zero attached hydrogens (tertiary/aromatic N) is 1. The quantitative estimate of drug-likeness (QED) is 0.715. The lowest BCUT2D eigenvalue weighted by molar-refractivity contribution is 0.0257. The highest BCUT2D eigenvalue weighted by molar-refractivity contribution is 5.89. The maximum atomic E-state index is 13.8. The first kappa shape index (κ1) is 15.6. The molecule has 1 aromatic heterocycles. The van der Waals surface area contributed by atoms with Gasteiger partial charge >= 0.3 is 0 Å². The van der Waals surface area contributed by atoms with Gasteiger partial charge in [0, 0.05) is 40.7 Å². The van der Waals surface area contributed by atoms with E-state index in [0.29, 0.717) is 18.4 Å². The van der Waals surface area contributed by atoms with E-state index >= 15 is 0 Å². The minimum absolute atomic E-state index is 0.0431. The van der Waals surface area contributed by atoms with Gasteiger partial charge in [-0.1, -0.05) is 24.3 Å². The lowest BCUT2D eigenvalue weighted by Crippen LogP contribution is -2.26. The number of anilines is 1. The Balaban J connectivity index is 1.76. The SMILES string of the molecule is O=c1c2c([nH]c3ccccc13)-c1c(cccc1N1CCC(F)(F)C1)CC2. The minimum Gasteiger partial charge on any atom is -0.365 e. The summed E-state index contributed by atoms with van der Waals surface area (Å²) >= 11 is 0. The molecule has 0 atom stereocenters. The van der Waals surface area contributed by atoms with Crippen LogP contribution in [0, 0.1) is 0 Å². The molecule has 5 rings (SSSR count). The van der Waals surface area contributed by atoms with Crippen molar-refractivity contribution in [3.05, 3.63) is 63.8 Å². The second-order valence-corrected chi connectivity index (χ2v) is 7.19. The van der Waals surface area contributed by atoms with Crippen molar-refractivity contribution < 1.29 is 8.78 Å². The number of pyridine rings is 1. The number of hydrogen-bond acceptors (Lipinski definition) is 2. The highest BCUT2D eigenvalue weighted by Crippen LogP contribution is 2.41. The molecule has 0 radical (unpaired) electrons. The van der Waals surface area contributed by atoms with Gasteiger partial charge in [0.25, 0.3) is 5.92 Å². The summed E-state index contributed by atoms with van der Waals surface area (Å²) in [6.45, 7) is 0.0627. The topological polar surface area (TPSA) is 36.1 Å². The predicted molar refractivity (Wildman–Crippen MR) is 99.2 cm³/mol. The van der Waals surface area contributed by atoms with Gasteiger partial charge in [0.15, 0.2) is 5.43 Å². The summed E-state index contributed by atoms with van der Waals surface area (Å²) in [6, 6.07) is 13.3. The smallest absolute Gasteiger partial charge is 0.266 e. The third-order valence-electron chi connectivity index (χ3n) is 5.54. The maximum absolute atomic E-state index is 13.8. The van der Waals surface area contributed by atoms with Crippen LogP contribution in [0.25, 0.3) is 22.2 Å². The molecule has 2 aromatic carbocycles. The van der Waals surface area contributed by atoms with E-state index in [1.165, 1.54) is 0 Å². The van der Waals surface area contributed by atoms with Crippen LogP contribution in [0.1, 0.15) is 17.5 Å². The van der Waals surface area contributed by atoms with Crippen LogP contribution in [0.4, 0.5) is 14.5 Å². The number of alkyl halides is 2. The molecule has 2 aliphatic rings. The van der Waals surface area contributed by atoms with Crippen LogP contribution in [0.15, 0.2) is 47.3 Å². The lowest BCUT2D eigenvalue weighted by Gasteiger charge is -2.27. The summed E-state index contributed by atoms with van der Waals surface area (Å²) in [5.41, 5.74) is 5.19. The second-order valence-electron chi connectivity index (χ2n) is 7.19. The standard InChI is InChI=1S/C21H18F2N2O/c22-21(23)10-11-25(12-21)17-7-3-4-13-8-9-15-19(18(13)17)24-16-6-2-1-5-14(16)20(15)26/h1-7H,8-12H2,(H,24,26). The van der Waals surface area contributed by atoms with E-state index in [9.17, 15) is 13.6 Å². The van der Waals surface area contributed by atoms with Crippen LogP contribution in [-0.4, -0.2) is 24.0 Å². The largest absolute Gasteiger partial charge is 0.365 e. The van der Waals surface area contributed by atoms with Crippen LogP contribution >= 0.6 is 0 Å². The van der Waals surface area contributed by atoms with Crippen molar-refractivity contribution in [2.75, 3.05) is 18.0 Å². The third kappa shape index (κ3) is 2.26. The number of benzene rings is 2. The molecule has 26 heavy (non-hydrogen) atoms. The Morgan fingerprint density at radius 2 is 1.88 bits per heavy atom. The average molecular weight is 352 g/mol. The van der Waals surface area contributed by atoms with E-state index in [4.69, 9.17) is 0 Å². The summed E-state index contributed by atoms with van der Waals surface area (Å²) in [7, 11) is 0. The molecule has 0 saturated carbocycles. The Labute approximate surface area is 149 Å². The number of aromatic amines is 1. The molecule has 3 nitrogen and oxygen atoms in total. The van der Waals surface area contributed by atoms with Crippen molar-refractivity contribution >= 4 is 16.6 Å². The zero-order chi connectivity index (χ0) is 17.9. The fourth-order valence-corrected chi connectivity index (χ4v) is 4.28. The van der Waals surface area contributed by atoms with E-state index in [2.05, 4.69) is 4.98 Å². The summed E-state index contributed by atoms with van der Waals surface area (Å²) in [6.07, 6.45) is 1.29. The number of halogens is 2. The van der Waals surface area contributed by atoms with Gasteiger partial charge in [-0.3, -0.25) is 4.79 Å². The van der Waals surface area contributed by atoms with Crippen molar-refractivity contribution in [2.45, 2.75) is 25.2 Å². The van der Waals surface area contributed by atoms with Crippen LogP contribution in [0.2, 0.25) is 0 Å². The Morgan fingerprint density at radius 1 is 1.04 bits per heavy atom. The van der Waals surface area contributed by atoms with Crippen molar-refractivity contribution in [3.8, 4) is 11.3 Å². The molecular formula is C21H18F2N2O. The molecule has 132 valence electrons. The van der Waals surface area contributed by atoms with E-state index < -0.39 is 5.92 Å². The monoisotopic (exact) mass is 352 g/mol. The molecule has 1 N–H and O–H groups in total. The molecule has 0 spiro atoms. The van der Waals surface area contributed by atoms with Crippen molar-refractivity contribution in [3.63, 3.8) is 0 Å². The highest BCUT2D eigenvalue weighted by Gasteiger charge is 2.39. The first-order valence-electron chi connectivity index (χ1n) is 8.92. The number of rotatable bonds is 1. The Bertz CT molecular complexity index is 1090. The summed E-state index contributed by atoms with van der Waals surface area (Å²) in [4.78, 5) is 18.1. The molecule has 0 bridgehead atoms. The fourth-order valence-electron chi connectivity index (χ4n) is 4.28. The zero-order valence-corrected chi connectivity index (χ0v) is 14.2. The van der Waals surface area contributed by atoms with Gasteiger partial charge in [0.1, 0.15) is 0 Å². The molecule has 0 amide bonds. The molecule has 1 aliphatic carbocycles. The highest BCUT2D eigenvalue weighted by atomic mass is 19.3. The first-order valence-corrected chi connectivity index (χ1v) is 8.92. The molecule has 2 heterocycles. The van der Waals surface area contributed by atoms with Gasteiger partial charge in [-0.2, -0.15) is 0 Å². The van der Waals surface area contributed by atoms with Crippen molar-refractivity contribution in [2.24, 2.45) is 0 Å². The molecule has 1 fully saturated rings. The first-order chi connectivity index (χ1) is 12.5. The third-order valence-corrected chi connectivity index (χ3v) is 5.54. The minimum atomic E-state index is -2.66. The van der Waals surface area contributed by atoms with Crippen LogP contribution in [0.3, 0.4) is 0 Å². The van der Waals surface area contributed by atoms with Gasteiger partial charge in [-0.05, 0) is 36.6 Å².